The fraction of sp³-hybridized carbons (Fsp3) is 0.462. The summed E-state index contributed by atoms with van der Waals surface area (Å²) in [5.74, 6) is -0.740. The van der Waals surface area contributed by atoms with Crippen molar-refractivity contribution in [2.45, 2.75) is 23.8 Å². The summed E-state index contributed by atoms with van der Waals surface area (Å²) in [4.78, 5) is 2.20. The number of likely N-dealkylation sites (tertiary alicyclic amines) is 1. The van der Waals surface area contributed by atoms with E-state index >= 15 is 0 Å². The zero-order valence-corrected chi connectivity index (χ0v) is 13.1. The van der Waals surface area contributed by atoms with Gasteiger partial charge in [-0.05, 0) is 25.0 Å². The van der Waals surface area contributed by atoms with Crippen LogP contribution >= 0.6 is 12.2 Å². The second-order valence-corrected chi connectivity index (χ2v) is 7.28. The average molecular weight is 331 g/mol. The smallest absolute Gasteiger partial charge is 0.243 e. The molecule has 1 aromatic carbocycles. The van der Waals surface area contributed by atoms with Gasteiger partial charge in [-0.25, -0.2) is 17.5 Å². The van der Waals surface area contributed by atoms with Crippen LogP contribution < -0.4 is 10.5 Å². The zero-order chi connectivity index (χ0) is 15.5. The number of benzene rings is 1. The molecular weight excluding hydrogens is 313 g/mol. The van der Waals surface area contributed by atoms with Crippen molar-refractivity contribution in [2.24, 2.45) is 5.73 Å². The van der Waals surface area contributed by atoms with E-state index < -0.39 is 15.8 Å². The summed E-state index contributed by atoms with van der Waals surface area (Å²) in [7, 11) is -3.83. The van der Waals surface area contributed by atoms with Crippen LogP contribution in [-0.2, 0) is 10.0 Å². The van der Waals surface area contributed by atoms with Crippen molar-refractivity contribution in [3.05, 3.63) is 30.1 Å². The lowest BCUT2D eigenvalue weighted by Gasteiger charge is -2.31. The van der Waals surface area contributed by atoms with Crippen LogP contribution in [-0.4, -0.2) is 44.0 Å². The number of nitrogens with two attached hydrogens (primary N) is 1. The molecule has 1 aliphatic heterocycles. The van der Waals surface area contributed by atoms with E-state index in [4.69, 9.17) is 18.0 Å². The van der Waals surface area contributed by atoms with E-state index in [0.29, 0.717) is 37.5 Å². The Bertz CT molecular complexity index is 614. The van der Waals surface area contributed by atoms with Gasteiger partial charge in [0.05, 0.1) is 4.99 Å². The van der Waals surface area contributed by atoms with Gasteiger partial charge in [0.2, 0.25) is 10.0 Å². The zero-order valence-electron chi connectivity index (χ0n) is 11.5. The first-order valence-electron chi connectivity index (χ1n) is 6.66. The Balaban J connectivity index is 1.97. The van der Waals surface area contributed by atoms with Crippen LogP contribution in [0.25, 0.3) is 0 Å². The molecule has 1 aliphatic rings. The molecule has 0 unspecified atom stereocenters. The fourth-order valence-electron chi connectivity index (χ4n) is 2.37. The number of hydrogen-bond acceptors (Lipinski definition) is 4. The SMILES string of the molecule is NC(=S)CN1CCC(NS(=O)(=O)c2ccccc2F)CC1. The molecule has 0 bridgehead atoms. The van der Waals surface area contributed by atoms with E-state index in [1.165, 1.54) is 18.2 Å². The van der Waals surface area contributed by atoms with Crippen molar-refractivity contribution in [1.82, 2.24) is 9.62 Å². The highest BCUT2D eigenvalue weighted by atomic mass is 32.2. The van der Waals surface area contributed by atoms with Crippen molar-refractivity contribution >= 4 is 27.2 Å². The van der Waals surface area contributed by atoms with Gasteiger partial charge in [0.25, 0.3) is 0 Å². The normalized spacial score (nSPS) is 17.8. The van der Waals surface area contributed by atoms with Crippen molar-refractivity contribution < 1.29 is 12.8 Å². The minimum Gasteiger partial charge on any atom is -0.392 e. The van der Waals surface area contributed by atoms with Gasteiger partial charge in [-0.15, -0.1) is 0 Å². The topological polar surface area (TPSA) is 75.4 Å². The fourth-order valence-corrected chi connectivity index (χ4v) is 3.94. The number of halogens is 1. The third-order valence-electron chi connectivity index (χ3n) is 3.42. The van der Waals surface area contributed by atoms with Gasteiger partial charge in [0, 0.05) is 25.7 Å². The lowest BCUT2D eigenvalue weighted by atomic mass is 10.1. The Hall–Kier alpha value is -1.09. The molecule has 1 fully saturated rings. The van der Waals surface area contributed by atoms with Crippen LogP contribution in [0.1, 0.15) is 12.8 Å². The van der Waals surface area contributed by atoms with E-state index in [1.54, 1.807) is 0 Å². The number of hydrogen-bond donors (Lipinski definition) is 2. The molecule has 0 spiro atoms. The summed E-state index contributed by atoms with van der Waals surface area (Å²) in [5, 5.41) is 0. The number of piperidine rings is 1. The molecule has 5 nitrogen and oxygen atoms in total. The molecule has 0 aliphatic carbocycles. The summed E-state index contributed by atoms with van der Waals surface area (Å²) in [6.07, 6.45) is 1.30. The predicted molar refractivity (Wildman–Crippen MR) is 83.0 cm³/mol. The van der Waals surface area contributed by atoms with Gasteiger partial charge in [-0.1, -0.05) is 24.4 Å². The molecule has 8 heteroatoms. The van der Waals surface area contributed by atoms with Crippen LogP contribution in [0.5, 0.6) is 0 Å². The van der Waals surface area contributed by atoms with Crippen LogP contribution in [0.2, 0.25) is 0 Å². The Morgan fingerprint density at radius 3 is 2.57 bits per heavy atom. The Morgan fingerprint density at radius 2 is 2.00 bits per heavy atom. The lowest BCUT2D eigenvalue weighted by Crippen LogP contribution is -2.46. The lowest BCUT2D eigenvalue weighted by molar-refractivity contribution is 0.232. The van der Waals surface area contributed by atoms with Crippen molar-refractivity contribution in [1.29, 1.82) is 0 Å². The van der Waals surface area contributed by atoms with E-state index in [0.717, 1.165) is 6.07 Å². The summed E-state index contributed by atoms with van der Waals surface area (Å²) in [6.45, 7) is 1.96. The van der Waals surface area contributed by atoms with Gasteiger partial charge in [-0.2, -0.15) is 0 Å². The molecule has 21 heavy (non-hydrogen) atoms. The van der Waals surface area contributed by atoms with Crippen LogP contribution in [0.4, 0.5) is 4.39 Å². The van der Waals surface area contributed by atoms with Crippen molar-refractivity contribution in [2.75, 3.05) is 19.6 Å². The number of sulfonamides is 1. The van der Waals surface area contributed by atoms with Gasteiger partial charge < -0.3 is 5.73 Å². The molecule has 1 heterocycles. The van der Waals surface area contributed by atoms with Gasteiger partial charge in [-0.3, -0.25) is 4.90 Å². The molecule has 0 atom stereocenters. The number of thiocarbonyl (C=S) groups is 1. The molecular formula is C13H18FN3O2S2. The first-order valence-corrected chi connectivity index (χ1v) is 8.55. The van der Waals surface area contributed by atoms with Gasteiger partial charge in [0.1, 0.15) is 10.7 Å². The van der Waals surface area contributed by atoms with Crippen LogP contribution in [0.3, 0.4) is 0 Å². The summed E-state index contributed by atoms with van der Waals surface area (Å²) in [5.41, 5.74) is 5.49. The molecule has 0 saturated carbocycles. The minimum absolute atomic E-state index is 0.197. The predicted octanol–water partition coefficient (Wildman–Crippen LogP) is 0.854. The molecule has 0 aromatic heterocycles. The maximum Gasteiger partial charge on any atom is 0.243 e. The number of nitrogens with zero attached hydrogens (tertiary/aromatic N) is 1. The van der Waals surface area contributed by atoms with E-state index in [1.807, 2.05) is 0 Å². The monoisotopic (exact) mass is 331 g/mol. The van der Waals surface area contributed by atoms with Gasteiger partial charge in [0.15, 0.2) is 0 Å². The first kappa shape index (κ1) is 16.3. The van der Waals surface area contributed by atoms with Crippen LogP contribution in [0.15, 0.2) is 29.2 Å². The standard InChI is InChI=1S/C13H18FN3O2S2/c14-11-3-1-2-4-12(11)21(18,19)16-10-5-7-17(8-6-10)9-13(15)20/h1-4,10,16H,5-9H2,(H2,15,20). The highest BCUT2D eigenvalue weighted by Crippen LogP contribution is 2.17. The Kier molecular flexibility index (Phi) is 5.26. The highest BCUT2D eigenvalue weighted by molar-refractivity contribution is 7.89. The summed E-state index contributed by atoms with van der Waals surface area (Å²) < 4.78 is 40.5. The molecule has 2 rings (SSSR count). The number of rotatable bonds is 5. The molecule has 1 aromatic rings. The summed E-state index contributed by atoms with van der Waals surface area (Å²) in [6, 6.07) is 5.17. The molecule has 0 amide bonds. The van der Waals surface area contributed by atoms with Crippen LogP contribution in [0, 0.1) is 5.82 Å². The second kappa shape index (κ2) is 6.78. The molecule has 1 saturated heterocycles. The summed E-state index contributed by atoms with van der Waals surface area (Å²) >= 11 is 4.85. The molecule has 0 radical (unpaired) electrons. The minimum atomic E-state index is -3.83. The maximum atomic E-state index is 13.6. The quantitative estimate of drug-likeness (QED) is 0.783. The second-order valence-electron chi connectivity index (χ2n) is 5.07. The van der Waals surface area contributed by atoms with Crippen molar-refractivity contribution in [3.63, 3.8) is 0 Å². The van der Waals surface area contributed by atoms with E-state index in [2.05, 4.69) is 9.62 Å². The first-order chi connectivity index (χ1) is 9.88. The average Bonchev–Trinajstić information content (AvgIpc) is 2.40. The Labute approximate surface area is 129 Å². The molecule has 3 N–H and O–H groups in total. The van der Waals surface area contributed by atoms with E-state index in [9.17, 15) is 12.8 Å². The molecule has 116 valence electrons. The third kappa shape index (κ3) is 4.44. The largest absolute Gasteiger partial charge is 0.392 e. The van der Waals surface area contributed by atoms with E-state index in [-0.39, 0.29) is 10.9 Å². The Morgan fingerprint density at radius 1 is 1.38 bits per heavy atom. The van der Waals surface area contributed by atoms with Gasteiger partial charge >= 0.3 is 0 Å². The maximum absolute atomic E-state index is 13.6. The number of nitrogens with one attached hydrogen (secondary N) is 1. The highest BCUT2D eigenvalue weighted by Gasteiger charge is 2.26. The third-order valence-corrected chi connectivity index (χ3v) is 5.10. The van der Waals surface area contributed by atoms with Crippen molar-refractivity contribution in [3.8, 4) is 0 Å².